The Labute approximate surface area is 180 Å². The summed E-state index contributed by atoms with van der Waals surface area (Å²) in [6.07, 6.45) is 0. The predicted molar refractivity (Wildman–Crippen MR) is 124 cm³/mol. The van der Waals surface area contributed by atoms with Crippen molar-refractivity contribution >= 4 is 8.60 Å². The maximum absolute atomic E-state index is 9.54. The highest BCUT2D eigenvalue weighted by atomic mass is 31.2. The van der Waals surface area contributed by atoms with Gasteiger partial charge in [-0.2, -0.15) is 0 Å². The summed E-state index contributed by atoms with van der Waals surface area (Å²) in [4.78, 5) is 0. The maximum atomic E-state index is 9.54. The number of aryl methyl sites for hydroxylation is 2. The Kier molecular flexibility index (Phi) is 9.40. The van der Waals surface area contributed by atoms with E-state index in [1.165, 1.54) is 5.57 Å². The van der Waals surface area contributed by atoms with E-state index in [1.807, 2.05) is 94.4 Å². The topological polar surface area (TPSA) is 47.9 Å². The molecule has 0 fully saturated rings. The molecule has 0 aliphatic heterocycles. The molecule has 158 valence electrons. The average molecular weight is 424 g/mol. The highest BCUT2D eigenvalue weighted by molar-refractivity contribution is 7.43. The zero-order chi connectivity index (χ0) is 21.9. The highest BCUT2D eigenvalue weighted by Gasteiger charge is 2.22. The van der Waals surface area contributed by atoms with E-state index in [0.717, 1.165) is 11.1 Å². The first-order valence-electron chi connectivity index (χ1n) is 9.67. The van der Waals surface area contributed by atoms with E-state index in [4.69, 9.17) is 13.6 Å². The van der Waals surface area contributed by atoms with E-state index < -0.39 is 8.60 Å². The number of hydrogen-bond acceptors (Lipinski definition) is 4. The van der Waals surface area contributed by atoms with Crippen molar-refractivity contribution in [3.8, 4) is 17.2 Å². The second-order valence-electron chi connectivity index (χ2n) is 7.00. The number of hydrogen-bond donors (Lipinski definition) is 1. The Morgan fingerprint density at radius 3 is 1.53 bits per heavy atom. The summed E-state index contributed by atoms with van der Waals surface area (Å²) in [5, 5.41) is 9.54. The highest BCUT2D eigenvalue weighted by Crippen LogP contribution is 2.44. The lowest BCUT2D eigenvalue weighted by molar-refractivity contribution is 0.277. The van der Waals surface area contributed by atoms with Crippen molar-refractivity contribution in [1.29, 1.82) is 0 Å². The Balaban J connectivity index is 0.000000735. The maximum Gasteiger partial charge on any atom is 0.530 e. The summed E-state index contributed by atoms with van der Waals surface area (Å²) >= 11 is 0. The van der Waals surface area contributed by atoms with Gasteiger partial charge in [-0.1, -0.05) is 60.2 Å². The minimum Gasteiger partial charge on any atom is -0.408 e. The summed E-state index contributed by atoms with van der Waals surface area (Å²) in [6, 6.07) is 22.7. The van der Waals surface area contributed by atoms with Gasteiger partial charge < -0.3 is 18.7 Å². The molecule has 0 aliphatic carbocycles. The van der Waals surface area contributed by atoms with Crippen LogP contribution in [0.15, 0.2) is 84.9 Å². The van der Waals surface area contributed by atoms with Gasteiger partial charge >= 0.3 is 8.60 Å². The quantitative estimate of drug-likeness (QED) is 0.323. The van der Waals surface area contributed by atoms with Crippen molar-refractivity contribution in [3.63, 3.8) is 0 Å². The molecule has 0 bridgehead atoms. The van der Waals surface area contributed by atoms with Gasteiger partial charge in [-0.3, -0.25) is 0 Å². The lowest BCUT2D eigenvalue weighted by Gasteiger charge is -2.20. The van der Waals surface area contributed by atoms with Crippen LogP contribution in [0.25, 0.3) is 0 Å². The van der Waals surface area contributed by atoms with Crippen molar-refractivity contribution in [2.75, 3.05) is 0 Å². The molecule has 0 unspecified atom stereocenters. The molecule has 3 aromatic rings. The number of benzene rings is 3. The van der Waals surface area contributed by atoms with E-state index in [1.54, 1.807) is 6.07 Å². The van der Waals surface area contributed by atoms with Gasteiger partial charge in [0.25, 0.3) is 0 Å². The molecule has 0 atom stereocenters. The van der Waals surface area contributed by atoms with E-state index in [-0.39, 0.29) is 6.61 Å². The van der Waals surface area contributed by atoms with Gasteiger partial charge in [0, 0.05) is 5.56 Å². The molecule has 0 saturated heterocycles. The van der Waals surface area contributed by atoms with Gasteiger partial charge in [-0.25, -0.2) is 0 Å². The van der Waals surface area contributed by atoms with E-state index in [0.29, 0.717) is 22.8 Å². The van der Waals surface area contributed by atoms with Gasteiger partial charge in [-0.15, -0.1) is 6.58 Å². The van der Waals surface area contributed by atoms with Crippen LogP contribution in [-0.2, 0) is 6.61 Å². The lowest BCUT2D eigenvalue weighted by Crippen LogP contribution is -2.05. The third-order valence-electron chi connectivity index (χ3n) is 3.85. The van der Waals surface area contributed by atoms with Crippen LogP contribution in [0.4, 0.5) is 0 Å². The van der Waals surface area contributed by atoms with Crippen LogP contribution in [-0.4, -0.2) is 5.11 Å². The minimum absolute atomic E-state index is 0.117. The number of aliphatic hydroxyl groups is 1. The van der Waals surface area contributed by atoms with Crippen LogP contribution >= 0.6 is 8.60 Å². The first-order valence-corrected chi connectivity index (χ1v) is 10.8. The second-order valence-corrected chi connectivity index (χ2v) is 8.00. The third-order valence-corrected chi connectivity index (χ3v) is 4.89. The van der Waals surface area contributed by atoms with E-state index in [2.05, 4.69) is 6.58 Å². The van der Waals surface area contributed by atoms with Crippen LogP contribution in [0, 0.1) is 13.8 Å². The summed E-state index contributed by atoms with van der Waals surface area (Å²) in [6.45, 7) is 11.3. The molecule has 0 aliphatic rings. The van der Waals surface area contributed by atoms with Crippen molar-refractivity contribution in [1.82, 2.24) is 0 Å². The van der Waals surface area contributed by atoms with Crippen LogP contribution in [0.3, 0.4) is 0 Å². The average Bonchev–Trinajstić information content (AvgIpc) is 2.71. The summed E-state index contributed by atoms with van der Waals surface area (Å²) in [5.74, 6) is 1.95. The molecule has 3 aromatic carbocycles. The van der Waals surface area contributed by atoms with Gasteiger partial charge in [0.05, 0.1) is 6.61 Å². The first-order chi connectivity index (χ1) is 14.4. The van der Waals surface area contributed by atoms with E-state index >= 15 is 0 Å². The van der Waals surface area contributed by atoms with Crippen molar-refractivity contribution in [2.24, 2.45) is 0 Å². The normalized spacial score (nSPS) is 10.1. The minimum atomic E-state index is -1.75. The van der Waals surface area contributed by atoms with Gasteiger partial charge in [0.15, 0.2) is 0 Å². The monoisotopic (exact) mass is 424 g/mol. The van der Waals surface area contributed by atoms with Crippen LogP contribution < -0.4 is 13.6 Å². The first kappa shape index (κ1) is 23.5. The van der Waals surface area contributed by atoms with Crippen molar-refractivity contribution < 1.29 is 18.7 Å². The van der Waals surface area contributed by atoms with Crippen LogP contribution in [0.1, 0.15) is 30.5 Å². The number of aliphatic hydroxyl groups excluding tert-OH is 1. The molecule has 4 nitrogen and oxygen atoms in total. The Bertz CT molecular complexity index is 904. The molecule has 0 spiro atoms. The zero-order valence-electron chi connectivity index (χ0n) is 18.0. The number of allylic oxidation sites excluding steroid dienone is 1. The molecule has 5 heteroatoms. The molecular formula is C25H29O4P. The molecular weight excluding hydrogens is 395 g/mol. The lowest BCUT2D eigenvalue weighted by atomic mass is 10.2. The number of para-hydroxylation sites is 3. The fourth-order valence-electron chi connectivity index (χ4n) is 2.34. The SMILES string of the molecule is C=C(C)C.Cc1ccccc1OP(Oc1ccccc1C)Oc1ccccc1CO. The summed E-state index contributed by atoms with van der Waals surface area (Å²) < 4.78 is 18.1. The Morgan fingerprint density at radius 2 is 1.10 bits per heavy atom. The van der Waals surface area contributed by atoms with Gasteiger partial charge in [0.1, 0.15) is 17.2 Å². The van der Waals surface area contributed by atoms with E-state index in [9.17, 15) is 5.11 Å². The molecule has 3 rings (SSSR count). The molecule has 0 aromatic heterocycles. The standard InChI is InChI=1S/C21H21O4P.C4H8/c1-16-9-3-6-12-19(16)23-26(24-20-13-7-4-10-17(20)2)25-21-14-8-5-11-18(21)15-22;1-4(2)3/h3-14,22H,15H2,1-2H3;1H2,2-3H3. The largest absolute Gasteiger partial charge is 0.530 e. The Morgan fingerprint density at radius 1 is 0.733 bits per heavy atom. The molecule has 0 saturated carbocycles. The van der Waals surface area contributed by atoms with Crippen molar-refractivity contribution in [3.05, 3.63) is 102 Å². The Hall–Kier alpha value is -2.81. The zero-order valence-corrected chi connectivity index (χ0v) is 18.9. The van der Waals surface area contributed by atoms with Gasteiger partial charge in [0.2, 0.25) is 0 Å². The van der Waals surface area contributed by atoms with Crippen LogP contribution in [0.5, 0.6) is 17.2 Å². The van der Waals surface area contributed by atoms with Crippen LogP contribution in [0.2, 0.25) is 0 Å². The molecule has 30 heavy (non-hydrogen) atoms. The second kappa shape index (κ2) is 12.0. The molecule has 0 heterocycles. The molecule has 1 N–H and O–H groups in total. The van der Waals surface area contributed by atoms with Gasteiger partial charge in [-0.05, 0) is 57.0 Å². The fraction of sp³-hybridized carbons (Fsp3) is 0.200. The van der Waals surface area contributed by atoms with Crippen molar-refractivity contribution in [2.45, 2.75) is 34.3 Å². The molecule has 0 amide bonds. The predicted octanol–water partition coefficient (Wildman–Crippen LogP) is 7.14. The third kappa shape index (κ3) is 7.55. The summed E-state index contributed by atoms with van der Waals surface area (Å²) in [7, 11) is -1.75. The summed E-state index contributed by atoms with van der Waals surface area (Å²) in [5.41, 5.74) is 3.83. The number of rotatable bonds is 7. The smallest absolute Gasteiger partial charge is 0.408 e. The molecule has 0 radical (unpaired) electrons. The fourth-order valence-corrected chi connectivity index (χ4v) is 3.52.